The molecule has 31 heavy (non-hydrogen) atoms. The quantitative estimate of drug-likeness (QED) is 0.495. The van der Waals surface area contributed by atoms with Crippen LogP contribution in [-0.2, 0) is 9.59 Å². The van der Waals surface area contributed by atoms with E-state index in [-0.39, 0.29) is 11.3 Å². The van der Waals surface area contributed by atoms with E-state index in [4.69, 9.17) is 0 Å². The third-order valence-electron chi connectivity index (χ3n) is 7.11. The molecule has 1 saturated heterocycles. The topological polar surface area (TPSA) is 108 Å². The van der Waals surface area contributed by atoms with Crippen molar-refractivity contribution in [3.63, 3.8) is 0 Å². The molecule has 2 aliphatic rings. The van der Waals surface area contributed by atoms with Crippen LogP contribution >= 0.6 is 0 Å². The summed E-state index contributed by atoms with van der Waals surface area (Å²) in [7, 11) is 0. The summed E-state index contributed by atoms with van der Waals surface area (Å²) in [6, 6.07) is 6.42. The fourth-order valence-corrected chi connectivity index (χ4v) is 4.54. The molecule has 8 heteroatoms. The van der Waals surface area contributed by atoms with Gasteiger partial charge in [-0.15, -0.1) is 0 Å². The van der Waals surface area contributed by atoms with E-state index in [1.807, 2.05) is 6.07 Å². The first-order chi connectivity index (χ1) is 14.6. The van der Waals surface area contributed by atoms with Crippen molar-refractivity contribution in [3.05, 3.63) is 35.4 Å². The minimum absolute atomic E-state index is 0.197. The number of hydrogen-bond acceptors (Lipinski definition) is 4. The molecule has 1 aliphatic heterocycles. The monoisotopic (exact) mass is 428 g/mol. The smallest absolute Gasteiger partial charge is 0.323 e. The largest absolute Gasteiger partial charge is 0.325 e. The maximum absolute atomic E-state index is 13.0. The lowest BCUT2D eigenvalue weighted by Gasteiger charge is -2.42. The maximum atomic E-state index is 13.0. The van der Waals surface area contributed by atoms with Gasteiger partial charge in [0.15, 0.2) is 0 Å². The third kappa shape index (κ3) is 4.57. The molecule has 2 fully saturated rings. The molecule has 0 radical (unpaired) electrons. The molecule has 3 N–H and O–H groups in total. The first-order valence-corrected chi connectivity index (χ1v) is 10.9. The number of nitrogens with zero attached hydrogens (tertiary/aromatic N) is 1. The number of benzene rings is 1. The Bertz CT molecular complexity index is 887. The number of carbonyl (C=O) groups excluding carboxylic acids is 4. The molecule has 1 aromatic carbocycles. The van der Waals surface area contributed by atoms with Gasteiger partial charge >= 0.3 is 6.03 Å². The maximum Gasteiger partial charge on any atom is 0.325 e. The van der Waals surface area contributed by atoms with Crippen LogP contribution in [0, 0.1) is 18.3 Å². The van der Waals surface area contributed by atoms with E-state index < -0.39 is 29.9 Å². The molecular formula is C23H32N4O4. The molecule has 1 spiro atoms. The second kappa shape index (κ2) is 8.69. The van der Waals surface area contributed by atoms with Gasteiger partial charge in [0, 0.05) is 5.56 Å². The van der Waals surface area contributed by atoms with E-state index in [9.17, 15) is 19.2 Å². The highest BCUT2D eigenvalue weighted by Gasteiger charge is 2.53. The van der Waals surface area contributed by atoms with Crippen molar-refractivity contribution in [1.82, 2.24) is 21.1 Å². The second-order valence-corrected chi connectivity index (χ2v) is 9.34. The zero-order valence-corrected chi connectivity index (χ0v) is 18.7. The Hall–Kier alpha value is -2.90. The Morgan fingerprint density at radius 2 is 1.81 bits per heavy atom. The molecule has 5 amide bonds. The molecule has 8 nitrogen and oxygen atoms in total. The van der Waals surface area contributed by atoms with Crippen molar-refractivity contribution < 1.29 is 19.2 Å². The van der Waals surface area contributed by atoms with Crippen molar-refractivity contribution in [2.45, 2.75) is 65.3 Å². The highest BCUT2D eigenvalue weighted by molar-refractivity contribution is 6.09. The van der Waals surface area contributed by atoms with Gasteiger partial charge in [-0.1, -0.05) is 45.4 Å². The highest BCUT2D eigenvalue weighted by atomic mass is 16.2. The summed E-state index contributed by atoms with van der Waals surface area (Å²) in [6.45, 7) is 8.01. The zero-order valence-electron chi connectivity index (χ0n) is 18.7. The molecule has 0 unspecified atom stereocenters. The van der Waals surface area contributed by atoms with Crippen LogP contribution in [-0.4, -0.2) is 40.7 Å². The SMILES string of the molecule is CCC(C)(C)C1CCC2(CC1)NC(=O)N(CC(=O)NNC(=O)c1ccccc1C)C2=O. The van der Waals surface area contributed by atoms with Crippen molar-refractivity contribution in [1.29, 1.82) is 0 Å². The number of nitrogens with one attached hydrogen (secondary N) is 3. The number of hydrogen-bond donors (Lipinski definition) is 3. The standard InChI is InChI=1S/C23H32N4O4/c1-5-22(3,4)16-10-12-23(13-11-16)20(30)27(21(31)24-23)14-18(28)25-26-19(29)17-9-7-6-8-15(17)2/h6-9,16H,5,10-14H2,1-4H3,(H,24,31)(H,25,28)(H,26,29). The van der Waals surface area contributed by atoms with Gasteiger partial charge in [0.1, 0.15) is 12.1 Å². The van der Waals surface area contributed by atoms with Crippen molar-refractivity contribution >= 4 is 23.8 Å². The summed E-state index contributed by atoms with van der Waals surface area (Å²) >= 11 is 0. The molecule has 0 aromatic heterocycles. The molecule has 0 bridgehead atoms. The second-order valence-electron chi connectivity index (χ2n) is 9.34. The number of imide groups is 1. The Kier molecular flexibility index (Phi) is 6.38. The van der Waals surface area contributed by atoms with E-state index in [2.05, 4.69) is 36.9 Å². The van der Waals surface area contributed by atoms with Gasteiger partial charge in [-0.05, 0) is 55.6 Å². The first-order valence-electron chi connectivity index (χ1n) is 10.9. The molecule has 0 atom stereocenters. The molecule has 1 heterocycles. The van der Waals surface area contributed by atoms with Gasteiger partial charge in [-0.25, -0.2) is 4.79 Å². The Labute approximate surface area is 183 Å². The number of amides is 5. The number of rotatable bonds is 5. The predicted octanol–water partition coefficient (Wildman–Crippen LogP) is 2.67. The average Bonchev–Trinajstić information content (AvgIpc) is 2.96. The van der Waals surface area contributed by atoms with Crippen LogP contribution in [0.15, 0.2) is 24.3 Å². The normalized spacial score (nSPS) is 23.6. The van der Waals surface area contributed by atoms with E-state index in [1.165, 1.54) is 0 Å². The Morgan fingerprint density at radius 1 is 1.16 bits per heavy atom. The average molecular weight is 429 g/mol. The van der Waals surface area contributed by atoms with Crippen molar-refractivity contribution in [2.75, 3.05) is 6.54 Å². The Morgan fingerprint density at radius 3 is 2.42 bits per heavy atom. The van der Waals surface area contributed by atoms with Crippen LogP contribution < -0.4 is 16.2 Å². The summed E-state index contributed by atoms with van der Waals surface area (Å²) in [5.74, 6) is -0.951. The van der Waals surface area contributed by atoms with E-state index >= 15 is 0 Å². The van der Waals surface area contributed by atoms with Crippen molar-refractivity contribution in [2.24, 2.45) is 11.3 Å². The zero-order chi connectivity index (χ0) is 22.8. The van der Waals surface area contributed by atoms with Crippen molar-refractivity contribution in [3.8, 4) is 0 Å². The lowest BCUT2D eigenvalue weighted by Crippen LogP contribution is -2.51. The summed E-state index contributed by atoms with van der Waals surface area (Å²) < 4.78 is 0. The summed E-state index contributed by atoms with van der Waals surface area (Å²) in [5.41, 5.74) is 5.11. The van der Waals surface area contributed by atoms with Crippen LogP contribution in [0.4, 0.5) is 4.79 Å². The van der Waals surface area contributed by atoms with Crippen LogP contribution in [0.3, 0.4) is 0 Å². The number of hydrazine groups is 1. The van der Waals surface area contributed by atoms with Gasteiger partial charge < -0.3 is 5.32 Å². The molecule has 1 aliphatic carbocycles. The van der Waals surface area contributed by atoms with Crippen LogP contribution in [0.5, 0.6) is 0 Å². The number of carbonyl (C=O) groups is 4. The van der Waals surface area contributed by atoms with Crippen LogP contribution in [0.1, 0.15) is 68.8 Å². The van der Waals surface area contributed by atoms with E-state index in [0.717, 1.165) is 29.7 Å². The van der Waals surface area contributed by atoms with Gasteiger partial charge in [0.2, 0.25) is 0 Å². The van der Waals surface area contributed by atoms with Crippen LogP contribution in [0.25, 0.3) is 0 Å². The van der Waals surface area contributed by atoms with E-state index in [1.54, 1.807) is 25.1 Å². The lowest BCUT2D eigenvalue weighted by atomic mass is 9.65. The Balaban J connectivity index is 1.56. The molecule has 1 aromatic rings. The fourth-order valence-electron chi connectivity index (χ4n) is 4.54. The fraction of sp³-hybridized carbons (Fsp3) is 0.565. The summed E-state index contributed by atoms with van der Waals surface area (Å²) in [4.78, 5) is 51.0. The number of aryl methyl sites for hydroxylation is 1. The van der Waals surface area contributed by atoms with Gasteiger partial charge in [0.25, 0.3) is 17.7 Å². The summed E-state index contributed by atoms with van der Waals surface area (Å²) in [5, 5.41) is 2.83. The molecule has 1 saturated carbocycles. The van der Waals surface area contributed by atoms with Gasteiger partial charge in [-0.3, -0.25) is 30.1 Å². The van der Waals surface area contributed by atoms with Gasteiger partial charge in [0.05, 0.1) is 0 Å². The third-order valence-corrected chi connectivity index (χ3v) is 7.11. The van der Waals surface area contributed by atoms with Crippen LogP contribution in [0.2, 0.25) is 0 Å². The molecular weight excluding hydrogens is 396 g/mol. The number of urea groups is 1. The molecule has 168 valence electrons. The molecule has 3 rings (SSSR count). The minimum Gasteiger partial charge on any atom is -0.323 e. The van der Waals surface area contributed by atoms with Gasteiger partial charge in [-0.2, -0.15) is 0 Å². The summed E-state index contributed by atoms with van der Waals surface area (Å²) in [6.07, 6.45) is 3.94. The lowest BCUT2D eigenvalue weighted by molar-refractivity contribution is -0.136. The first kappa shape index (κ1) is 22.8. The predicted molar refractivity (Wildman–Crippen MR) is 116 cm³/mol. The highest BCUT2D eigenvalue weighted by Crippen LogP contribution is 2.45. The minimum atomic E-state index is -0.915. The van der Waals surface area contributed by atoms with E-state index in [0.29, 0.717) is 24.3 Å².